The Morgan fingerprint density at radius 2 is 1.17 bits per heavy atom. The minimum Gasteiger partial charge on any atom is -0.355 e. The highest BCUT2D eigenvalue weighted by Crippen LogP contribution is 2.53. The average Bonchev–Trinajstić information content (AvgIpc) is 3.51. The Morgan fingerprint density at radius 1 is 0.500 bits per heavy atom. The molecule has 0 saturated carbocycles. The maximum absolute atomic E-state index is 3.66. The van der Waals surface area contributed by atoms with E-state index in [1.807, 2.05) is 17.4 Å². The maximum atomic E-state index is 3.66. The predicted octanol–water partition coefficient (Wildman–Crippen LogP) is 13.2. The second-order valence-electron chi connectivity index (χ2n) is 13.1. The Balaban J connectivity index is 1.19. The lowest BCUT2D eigenvalue weighted by atomic mass is 9.73. The summed E-state index contributed by atoms with van der Waals surface area (Å²) in [4.78, 5) is 2.47. The summed E-state index contributed by atoms with van der Waals surface area (Å²) in [6.45, 7) is 4.73. The molecular weight excluding hydrogens is 601 g/mol. The third-order valence-electron chi connectivity index (χ3n) is 9.84. The van der Waals surface area contributed by atoms with E-state index in [0.717, 1.165) is 11.4 Å². The molecule has 1 aliphatic rings. The van der Waals surface area contributed by atoms with Crippen LogP contribution in [0.1, 0.15) is 25.0 Å². The largest absolute Gasteiger partial charge is 0.355 e. The summed E-state index contributed by atoms with van der Waals surface area (Å²) in [5.74, 6) is 0. The van der Waals surface area contributed by atoms with Gasteiger partial charge >= 0.3 is 0 Å². The zero-order chi connectivity index (χ0) is 32.2. The van der Waals surface area contributed by atoms with Crippen molar-refractivity contribution in [3.63, 3.8) is 0 Å². The highest BCUT2D eigenvalue weighted by Gasteiger charge is 2.37. The zero-order valence-corrected chi connectivity index (χ0v) is 27.8. The summed E-state index contributed by atoms with van der Waals surface area (Å²) in [5, 5.41) is 6.29. The van der Waals surface area contributed by atoms with Gasteiger partial charge in [-0.25, -0.2) is 0 Å². The molecule has 0 spiro atoms. The van der Waals surface area contributed by atoms with Gasteiger partial charge in [-0.2, -0.15) is 0 Å². The van der Waals surface area contributed by atoms with Crippen LogP contribution >= 0.6 is 11.3 Å². The highest BCUT2D eigenvalue weighted by atomic mass is 32.1. The topological polar surface area (TPSA) is 15.3 Å². The van der Waals surface area contributed by atoms with Gasteiger partial charge in [0.05, 0.1) is 11.4 Å². The second kappa shape index (κ2) is 11.3. The van der Waals surface area contributed by atoms with E-state index in [0.29, 0.717) is 0 Å². The first-order valence-corrected chi connectivity index (χ1v) is 17.3. The van der Waals surface area contributed by atoms with E-state index in [9.17, 15) is 0 Å². The number of hydrogen-bond donors (Lipinski definition) is 1. The molecule has 0 bridgehead atoms. The molecule has 2 nitrogen and oxygen atoms in total. The fraction of sp³-hybridized carbons (Fsp3) is 0.0667. The van der Waals surface area contributed by atoms with Gasteiger partial charge in [0.1, 0.15) is 0 Å². The van der Waals surface area contributed by atoms with Crippen molar-refractivity contribution >= 4 is 59.9 Å². The standard InChI is InChI=1S/C45H34N2S/c1-45(2)38-18-10-11-19-41(38)47(34-23-26-44-37(29-34)35-17-9-12-20-43(35)48-44)42-25-22-32(28-39(42)45)31-21-24-40(46-33-15-7-4-8-16-33)36(27-31)30-13-5-3-6-14-30/h3-29,46H,1-2H3. The molecule has 9 rings (SSSR count). The smallest absolute Gasteiger partial charge is 0.0503 e. The molecule has 0 saturated heterocycles. The number of hydrogen-bond acceptors (Lipinski definition) is 3. The van der Waals surface area contributed by atoms with E-state index < -0.39 is 0 Å². The second-order valence-corrected chi connectivity index (χ2v) is 14.2. The highest BCUT2D eigenvalue weighted by molar-refractivity contribution is 7.25. The first kappa shape index (κ1) is 28.6. The Bertz CT molecular complexity index is 2460. The fourth-order valence-corrected chi connectivity index (χ4v) is 8.47. The van der Waals surface area contributed by atoms with Crippen molar-refractivity contribution < 1.29 is 0 Å². The van der Waals surface area contributed by atoms with E-state index in [1.165, 1.54) is 70.6 Å². The van der Waals surface area contributed by atoms with Gasteiger partial charge in [0.2, 0.25) is 0 Å². The third-order valence-corrected chi connectivity index (χ3v) is 11.0. The van der Waals surface area contributed by atoms with Gasteiger partial charge in [-0.15, -0.1) is 11.3 Å². The number of nitrogens with one attached hydrogen (secondary N) is 1. The fourth-order valence-electron chi connectivity index (χ4n) is 7.38. The molecule has 8 aromatic rings. The van der Waals surface area contributed by atoms with E-state index >= 15 is 0 Å². The first-order chi connectivity index (χ1) is 23.5. The van der Waals surface area contributed by atoms with Crippen molar-refractivity contribution in [1.29, 1.82) is 0 Å². The summed E-state index contributed by atoms with van der Waals surface area (Å²) in [6, 6.07) is 59.5. The number of benzene rings is 7. The van der Waals surface area contributed by atoms with Crippen molar-refractivity contribution in [2.75, 3.05) is 10.2 Å². The van der Waals surface area contributed by atoms with Crippen molar-refractivity contribution in [3.8, 4) is 22.3 Å². The summed E-state index contributed by atoms with van der Waals surface area (Å²) in [7, 11) is 0. The molecule has 1 N–H and O–H groups in total. The molecule has 0 amide bonds. The molecule has 1 aromatic heterocycles. The minimum atomic E-state index is -0.186. The number of fused-ring (bicyclic) bond motifs is 5. The molecule has 0 radical (unpaired) electrons. The van der Waals surface area contributed by atoms with Crippen LogP contribution in [0.5, 0.6) is 0 Å². The molecule has 3 heteroatoms. The molecule has 230 valence electrons. The molecule has 0 atom stereocenters. The Labute approximate surface area is 285 Å². The normalized spacial score (nSPS) is 13.3. The molecule has 0 aliphatic carbocycles. The van der Waals surface area contributed by atoms with Crippen LogP contribution in [0, 0.1) is 0 Å². The summed E-state index contributed by atoms with van der Waals surface area (Å²) < 4.78 is 2.65. The maximum Gasteiger partial charge on any atom is 0.0503 e. The van der Waals surface area contributed by atoms with E-state index in [4.69, 9.17) is 0 Å². The van der Waals surface area contributed by atoms with Crippen LogP contribution in [0.2, 0.25) is 0 Å². The summed E-state index contributed by atoms with van der Waals surface area (Å²) >= 11 is 1.87. The lowest BCUT2D eigenvalue weighted by Crippen LogP contribution is -2.30. The Kier molecular flexibility index (Phi) is 6.70. The van der Waals surface area contributed by atoms with Gasteiger partial charge < -0.3 is 10.2 Å². The summed E-state index contributed by atoms with van der Waals surface area (Å²) in [6.07, 6.45) is 0. The van der Waals surface area contributed by atoms with E-state index in [-0.39, 0.29) is 5.41 Å². The summed E-state index contributed by atoms with van der Waals surface area (Å²) in [5.41, 5.74) is 13.1. The zero-order valence-electron chi connectivity index (χ0n) is 26.9. The van der Waals surface area contributed by atoms with Crippen LogP contribution < -0.4 is 10.2 Å². The number of anilines is 5. The van der Waals surface area contributed by atoms with Gasteiger partial charge in [-0.1, -0.05) is 111 Å². The third kappa shape index (κ3) is 4.70. The van der Waals surface area contributed by atoms with Crippen LogP contribution in [0.3, 0.4) is 0 Å². The predicted molar refractivity (Wildman–Crippen MR) is 207 cm³/mol. The van der Waals surface area contributed by atoms with Crippen LogP contribution in [0.25, 0.3) is 42.4 Å². The van der Waals surface area contributed by atoms with E-state index in [2.05, 4.69) is 182 Å². The molecule has 48 heavy (non-hydrogen) atoms. The van der Waals surface area contributed by atoms with Gasteiger partial charge in [-0.3, -0.25) is 0 Å². The lowest BCUT2D eigenvalue weighted by molar-refractivity contribution is 0.632. The molecule has 2 heterocycles. The lowest BCUT2D eigenvalue weighted by Gasteiger charge is -2.42. The molecule has 0 fully saturated rings. The van der Waals surface area contributed by atoms with Crippen LogP contribution in [-0.2, 0) is 5.41 Å². The monoisotopic (exact) mass is 634 g/mol. The minimum absolute atomic E-state index is 0.186. The van der Waals surface area contributed by atoms with Crippen LogP contribution in [0.4, 0.5) is 28.4 Å². The van der Waals surface area contributed by atoms with Crippen molar-refractivity contribution in [2.45, 2.75) is 19.3 Å². The van der Waals surface area contributed by atoms with Crippen molar-refractivity contribution in [3.05, 3.63) is 175 Å². The average molecular weight is 635 g/mol. The van der Waals surface area contributed by atoms with Gasteiger partial charge in [0, 0.05) is 48.2 Å². The van der Waals surface area contributed by atoms with E-state index in [1.54, 1.807) is 0 Å². The number of nitrogens with zero attached hydrogens (tertiary/aromatic N) is 1. The van der Waals surface area contributed by atoms with Crippen molar-refractivity contribution in [1.82, 2.24) is 0 Å². The number of thiophene rings is 1. The van der Waals surface area contributed by atoms with Gasteiger partial charge in [-0.05, 0) is 94.5 Å². The Morgan fingerprint density at radius 3 is 2.02 bits per heavy atom. The van der Waals surface area contributed by atoms with Crippen LogP contribution in [0.15, 0.2) is 164 Å². The molecule has 7 aromatic carbocycles. The molecule has 1 aliphatic heterocycles. The van der Waals surface area contributed by atoms with Gasteiger partial charge in [0.25, 0.3) is 0 Å². The first-order valence-electron chi connectivity index (χ1n) is 16.5. The SMILES string of the molecule is CC1(C)c2ccccc2N(c2ccc3sc4ccccc4c3c2)c2ccc(-c3ccc(Nc4ccccc4)c(-c4ccccc4)c3)cc21. The quantitative estimate of drug-likeness (QED) is 0.203. The number of para-hydroxylation sites is 2. The Hall–Kier alpha value is -5.64. The van der Waals surface area contributed by atoms with Gasteiger partial charge in [0.15, 0.2) is 0 Å². The molecule has 0 unspecified atom stereocenters. The van der Waals surface area contributed by atoms with Crippen molar-refractivity contribution in [2.24, 2.45) is 0 Å². The van der Waals surface area contributed by atoms with Crippen LogP contribution in [-0.4, -0.2) is 0 Å². The number of rotatable bonds is 5. The molecular formula is C45H34N2S.